The van der Waals surface area contributed by atoms with Gasteiger partial charge in [-0.1, -0.05) is 48.5 Å². The molecule has 0 bridgehead atoms. The van der Waals surface area contributed by atoms with Gasteiger partial charge >= 0.3 is 0 Å². The largest absolute Gasteiger partial charge is 0.493 e. The van der Waals surface area contributed by atoms with Crippen LogP contribution in [0.2, 0.25) is 0 Å². The van der Waals surface area contributed by atoms with E-state index in [4.69, 9.17) is 4.74 Å². The topological polar surface area (TPSA) is 61.9 Å². The third-order valence-corrected chi connectivity index (χ3v) is 6.71. The molecule has 6 nitrogen and oxygen atoms in total. The van der Waals surface area contributed by atoms with Gasteiger partial charge in [0.15, 0.2) is 0 Å². The van der Waals surface area contributed by atoms with Gasteiger partial charge in [-0.3, -0.25) is 14.5 Å². The van der Waals surface area contributed by atoms with Gasteiger partial charge in [0.25, 0.3) is 0 Å². The minimum absolute atomic E-state index is 0.0580. The molecule has 0 aromatic heterocycles. The first kappa shape index (κ1) is 23.3. The van der Waals surface area contributed by atoms with Gasteiger partial charge in [0.05, 0.1) is 25.0 Å². The number of carbonyl (C=O) groups excluding carboxylic acids is 2. The average molecular weight is 450 g/mol. The van der Waals surface area contributed by atoms with E-state index >= 15 is 0 Å². The lowest BCUT2D eigenvalue weighted by Gasteiger charge is -2.33. The Hall–Kier alpha value is -2.86. The highest BCUT2D eigenvalue weighted by Gasteiger charge is 2.30. The lowest BCUT2D eigenvalue weighted by molar-refractivity contribution is -0.136. The minimum atomic E-state index is -0.146. The van der Waals surface area contributed by atoms with Crippen LogP contribution in [0.1, 0.15) is 43.7 Å². The Labute approximate surface area is 196 Å². The van der Waals surface area contributed by atoms with Gasteiger partial charge < -0.3 is 15.0 Å². The molecule has 2 fully saturated rings. The Kier molecular flexibility index (Phi) is 8.36. The van der Waals surface area contributed by atoms with Crippen LogP contribution in [0.25, 0.3) is 0 Å². The number of piperidine rings is 1. The van der Waals surface area contributed by atoms with Crippen molar-refractivity contribution < 1.29 is 14.3 Å². The zero-order valence-corrected chi connectivity index (χ0v) is 19.3. The van der Waals surface area contributed by atoms with E-state index in [9.17, 15) is 9.59 Å². The second kappa shape index (κ2) is 11.8. The normalized spacial score (nSPS) is 19.8. The Bertz CT molecular complexity index is 884. The first-order valence-electron chi connectivity index (χ1n) is 12.2. The molecule has 2 aromatic rings. The van der Waals surface area contributed by atoms with Gasteiger partial charge in [-0.2, -0.15) is 0 Å². The maximum absolute atomic E-state index is 13.0. The lowest BCUT2D eigenvalue weighted by Crippen LogP contribution is -2.47. The Morgan fingerprint density at radius 2 is 1.64 bits per heavy atom. The van der Waals surface area contributed by atoms with Gasteiger partial charge in [-0.25, -0.2) is 0 Å². The number of nitrogens with zero attached hydrogens (tertiary/aromatic N) is 2. The fraction of sp³-hybridized carbons (Fsp3) is 0.481. The molecule has 0 aliphatic carbocycles. The third-order valence-electron chi connectivity index (χ3n) is 6.71. The summed E-state index contributed by atoms with van der Waals surface area (Å²) >= 11 is 0. The molecule has 2 aromatic carbocycles. The molecule has 2 saturated heterocycles. The van der Waals surface area contributed by atoms with Crippen molar-refractivity contribution in [3.63, 3.8) is 0 Å². The van der Waals surface area contributed by atoms with Crippen molar-refractivity contribution in [2.45, 2.75) is 38.1 Å². The summed E-state index contributed by atoms with van der Waals surface area (Å²) in [4.78, 5) is 30.0. The molecule has 6 heteroatoms. The SMILES string of the molecule is O=C(NCC(c1ccccc1)N1CCCC1)C1CCCN(C(=O)CCOc2ccccc2)C1. The van der Waals surface area contributed by atoms with E-state index in [2.05, 4.69) is 34.5 Å². The number of benzene rings is 2. The number of hydrogen-bond acceptors (Lipinski definition) is 4. The van der Waals surface area contributed by atoms with Crippen LogP contribution in [0.5, 0.6) is 5.75 Å². The van der Waals surface area contributed by atoms with Crippen molar-refractivity contribution in [1.29, 1.82) is 0 Å². The Morgan fingerprint density at radius 1 is 0.939 bits per heavy atom. The number of hydrogen-bond donors (Lipinski definition) is 1. The second-order valence-electron chi connectivity index (χ2n) is 9.01. The number of para-hydroxylation sites is 1. The molecule has 4 rings (SSSR count). The summed E-state index contributed by atoms with van der Waals surface area (Å²) in [7, 11) is 0. The van der Waals surface area contributed by atoms with Gasteiger partial charge in [0, 0.05) is 19.6 Å². The Morgan fingerprint density at radius 3 is 2.36 bits per heavy atom. The number of likely N-dealkylation sites (tertiary alicyclic amines) is 2. The van der Waals surface area contributed by atoms with E-state index in [1.54, 1.807) is 0 Å². The quantitative estimate of drug-likeness (QED) is 0.635. The highest BCUT2D eigenvalue weighted by molar-refractivity contribution is 5.81. The predicted octanol–water partition coefficient (Wildman–Crippen LogP) is 3.65. The molecule has 0 spiro atoms. The van der Waals surface area contributed by atoms with E-state index in [1.807, 2.05) is 41.3 Å². The highest BCUT2D eigenvalue weighted by Crippen LogP contribution is 2.25. The summed E-state index contributed by atoms with van der Waals surface area (Å²) < 4.78 is 5.67. The molecule has 2 amide bonds. The Balaban J connectivity index is 1.26. The maximum Gasteiger partial charge on any atom is 0.226 e. The molecular formula is C27H35N3O3. The fourth-order valence-electron chi connectivity index (χ4n) is 4.88. The molecule has 2 unspecified atom stereocenters. The van der Waals surface area contributed by atoms with Gasteiger partial charge in [-0.15, -0.1) is 0 Å². The second-order valence-corrected chi connectivity index (χ2v) is 9.01. The van der Waals surface area contributed by atoms with Crippen molar-refractivity contribution in [2.24, 2.45) is 5.92 Å². The summed E-state index contributed by atoms with van der Waals surface area (Å²) in [5.41, 5.74) is 1.25. The number of rotatable bonds is 9. The zero-order chi connectivity index (χ0) is 22.9. The van der Waals surface area contributed by atoms with Crippen LogP contribution in [0.15, 0.2) is 60.7 Å². The summed E-state index contributed by atoms with van der Waals surface area (Å²) in [6.45, 7) is 4.32. The zero-order valence-electron chi connectivity index (χ0n) is 19.3. The number of carbonyl (C=O) groups is 2. The van der Waals surface area contributed by atoms with Crippen LogP contribution < -0.4 is 10.1 Å². The van der Waals surface area contributed by atoms with Crippen LogP contribution in [0.3, 0.4) is 0 Å². The van der Waals surface area contributed by atoms with Gasteiger partial charge in [0.1, 0.15) is 5.75 Å². The van der Waals surface area contributed by atoms with Gasteiger partial charge in [0.2, 0.25) is 11.8 Å². The molecule has 2 aliphatic heterocycles. The van der Waals surface area contributed by atoms with E-state index in [0.29, 0.717) is 32.7 Å². The molecular weight excluding hydrogens is 414 g/mol. The molecule has 2 heterocycles. The predicted molar refractivity (Wildman–Crippen MR) is 129 cm³/mol. The van der Waals surface area contributed by atoms with Crippen LogP contribution >= 0.6 is 0 Å². The maximum atomic E-state index is 13.0. The molecule has 2 atom stereocenters. The number of ether oxygens (including phenoxy) is 1. The minimum Gasteiger partial charge on any atom is -0.493 e. The van der Waals surface area contributed by atoms with Crippen LogP contribution in [0.4, 0.5) is 0 Å². The van der Waals surface area contributed by atoms with E-state index < -0.39 is 0 Å². The average Bonchev–Trinajstić information content (AvgIpc) is 3.40. The number of nitrogens with one attached hydrogen (secondary N) is 1. The first-order valence-corrected chi connectivity index (χ1v) is 12.2. The van der Waals surface area contributed by atoms with Crippen molar-refractivity contribution >= 4 is 11.8 Å². The van der Waals surface area contributed by atoms with Crippen LogP contribution in [-0.2, 0) is 9.59 Å². The van der Waals surface area contributed by atoms with Gasteiger partial charge in [-0.05, 0) is 56.5 Å². The van der Waals surface area contributed by atoms with Crippen molar-refractivity contribution in [3.8, 4) is 5.75 Å². The molecule has 176 valence electrons. The van der Waals surface area contributed by atoms with Crippen molar-refractivity contribution in [2.75, 3.05) is 39.3 Å². The van der Waals surface area contributed by atoms with Crippen LogP contribution in [-0.4, -0.2) is 60.9 Å². The first-order chi connectivity index (χ1) is 16.2. The standard InChI is InChI=1S/C27H35N3O3/c31-26(15-19-33-24-13-5-2-6-14-24)30-18-9-12-23(21-30)27(32)28-20-25(29-16-7-8-17-29)22-10-3-1-4-11-22/h1-6,10-11,13-14,23,25H,7-9,12,15-21H2,(H,28,32). The van der Waals surface area contributed by atoms with E-state index in [-0.39, 0.29) is 23.8 Å². The molecule has 33 heavy (non-hydrogen) atoms. The molecule has 2 aliphatic rings. The van der Waals surface area contributed by atoms with Crippen LogP contribution in [0, 0.1) is 5.92 Å². The summed E-state index contributed by atoms with van der Waals surface area (Å²) in [5, 5.41) is 3.21. The fourth-order valence-corrected chi connectivity index (χ4v) is 4.88. The molecule has 0 saturated carbocycles. The molecule has 0 radical (unpaired) electrons. The number of amides is 2. The monoisotopic (exact) mass is 449 g/mol. The highest BCUT2D eigenvalue weighted by atomic mass is 16.5. The van der Waals surface area contributed by atoms with Crippen molar-refractivity contribution in [1.82, 2.24) is 15.1 Å². The summed E-state index contributed by atoms with van der Waals surface area (Å²) in [6, 6.07) is 20.2. The van der Waals surface area contributed by atoms with E-state index in [1.165, 1.54) is 18.4 Å². The third kappa shape index (κ3) is 6.57. The van der Waals surface area contributed by atoms with E-state index in [0.717, 1.165) is 31.7 Å². The smallest absolute Gasteiger partial charge is 0.226 e. The lowest BCUT2D eigenvalue weighted by atomic mass is 9.96. The van der Waals surface area contributed by atoms with Crippen molar-refractivity contribution in [3.05, 3.63) is 66.2 Å². The summed E-state index contributed by atoms with van der Waals surface area (Å²) in [6.07, 6.45) is 4.44. The molecule has 1 N–H and O–H groups in total. The summed E-state index contributed by atoms with van der Waals surface area (Å²) in [5.74, 6) is 0.746.